The van der Waals surface area contributed by atoms with Crippen molar-refractivity contribution < 1.29 is 14.1 Å². The summed E-state index contributed by atoms with van der Waals surface area (Å²) >= 11 is 5.98. The third-order valence-corrected chi connectivity index (χ3v) is 5.43. The van der Waals surface area contributed by atoms with Gasteiger partial charge in [0.25, 0.3) is 5.91 Å². The molecule has 3 heterocycles. The number of rotatable bonds is 2. The molecule has 136 valence electrons. The zero-order chi connectivity index (χ0) is 18.4. The van der Waals surface area contributed by atoms with Crippen LogP contribution in [0.2, 0.25) is 5.02 Å². The van der Waals surface area contributed by atoms with Crippen LogP contribution >= 0.6 is 11.6 Å². The number of ether oxygens (including phenoxy) is 1. The molecule has 0 fully saturated rings. The van der Waals surface area contributed by atoms with Crippen LogP contribution in [0.3, 0.4) is 0 Å². The molecule has 5 rings (SSSR count). The maximum atomic E-state index is 13.0. The fourth-order valence-corrected chi connectivity index (χ4v) is 3.88. The van der Waals surface area contributed by atoms with Gasteiger partial charge in [-0.05, 0) is 23.8 Å². The quantitative estimate of drug-likeness (QED) is 0.677. The zero-order valence-corrected chi connectivity index (χ0v) is 15.3. The molecule has 0 radical (unpaired) electrons. The van der Waals surface area contributed by atoms with E-state index < -0.39 is 6.10 Å². The number of nitrogens with zero attached hydrogens (tertiary/aromatic N) is 2. The molecule has 1 aromatic heterocycles. The van der Waals surface area contributed by atoms with Crippen molar-refractivity contribution in [3.63, 3.8) is 0 Å². The molecule has 1 amide bonds. The molecule has 5 nitrogen and oxygen atoms in total. The van der Waals surface area contributed by atoms with Gasteiger partial charge in [0.05, 0.1) is 6.54 Å². The van der Waals surface area contributed by atoms with Crippen molar-refractivity contribution >= 4 is 17.5 Å². The van der Waals surface area contributed by atoms with Crippen LogP contribution in [0, 0.1) is 0 Å². The van der Waals surface area contributed by atoms with Crippen LogP contribution in [0.15, 0.2) is 53.1 Å². The molecule has 2 aliphatic rings. The number of benzene rings is 2. The van der Waals surface area contributed by atoms with Crippen LogP contribution in [-0.4, -0.2) is 28.6 Å². The standard InChI is InChI=1S/C21H17ClN2O3/c22-15-7-5-13(6-8-15)20-16-12-24(10-9-18(16)27-23-20)21(25)19-11-14-3-1-2-4-17(14)26-19/h1-8,19H,9-12H2/t19-/m1/s1. The molecular formula is C21H17ClN2O3. The van der Waals surface area contributed by atoms with Crippen LogP contribution in [0.1, 0.15) is 16.9 Å². The Morgan fingerprint density at radius 2 is 1.96 bits per heavy atom. The predicted molar refractivity (Wildman–Crippen MR) is 101 cm³/mol. The van der Waals surface area contributed by atoms with Crippen LogP contribution in [0.4, 0.5) is 0 Å². The minimum absolute atomic E-state index is 0.0140. The van der Waals surface area contributed by atoms with E-state index in [1.54, 1.807) is 0 Å². The number of halogens is 1. The Morgan fingerprint density at radius 1 is 1.15 bits per heavy atom. The Labute approximate surface area is 161 Å². The van der Waals surface area contributed by atoms with Gasteiger partial charge in [-0.1, -0.05) is 47.1 Å². The first-order valence-electron chi connectivity index (χ1n) is 8.96. The van der Waals surface area contributed by atoms with Crippen molar-refractivity contribution in [2.45, 2.75) is 25.5 Å². The molecule has 0 saturated carbocycles. The number of hydrogen-bond acceptors (Lipinski definition) is 4. The SMILES string of the molecule is O=C([C@H]1Cc2ccccc2O1)N1CCc2onc(-c3ccc(Cl)cc3)c2C1. The smallest absolute Gasteiger partial charge is 0.264 e. The van der Waals surface area contributed by atoms with Crippen LogP contribution in [-0.2, 0) is 24.2 Å². The summed E-state index contributed by atoms with van der Waals surface area (Å²) in [4.78, 5) is 14.9. The predicted octanol–water partition coefficient (Wildman–Crippen LogP) is 3.88. The number of carbonyl (C=O) groups is 1. The summed E-state index contributed by atoms with van der Waals surface area (Å²) in [5, 5.41) is 4.91. The third kappa shape index (κ3) is 2.88. The second kappa shape index (κ2) is 6.43. The van der Waals surface area contributed by atoms with E-state index in [-0.39, 0.29) is 5.91 Å². The molecule has 0 saturated heterocycles. The van der Waals surface area contributed by atoms with Gasteiger partial charge >= 0.3 is 0 Å². The molecule has 6 heteroatoms. The summed E-state index contributed by atoms with van der Waals surface area (Å²) in [7, 11) is 0. The van der Waals surface area contributed by atoms with Crippen molar-refractivity contribution in [3.8, 4) is 17.0 Å². The third-order valence-electron chi connectivity index (χ3n) is 5.18. The van der Waals surface area contributed by atoms with Crippen molar-refractivity contribution in [2.75, 3.05) is 6.54 Å². The second-order valence-electron chi connectivity index (χ2n) is 6.87. The normalized spacial score (nSPS) is 18.0. The van der Waals surface area contributed by atoms with Crippen LogP contribution in [0.5, 0.6) is 5.75 Å². The van der Waals surface area contributed by atoms with Gasteiger partial charge in [0.1, 0.15) is 17.2 Å². The lowest BCUT2D eigenvalue weighted by molar-refractivity contribution is -0.138. The fourth-order valence-electron chi connectivity index (χ4n) is 3.76. The second-order valence-corrected chi connectivity index (χ2v) is 7.30. The highest BCUT2D eigenvalue weighted by molar-refractivity contribution is 6.30. The summed E-state index contributed by atoms with van der Waals surface area (Å²) in [6.45, 7) is 1.09. The van der Waals surface area contributed by atoms with Gasteiger partial charge in [0.2, 0.25) is 0 Å². The van der Waals surface area contributed by atoms with Crippen molar-refractivity contribution in [3.05, 3.63) is 70.4 Å². The van der Waals surface area contributed by atoms with E-state index in [9.17, 15) is 4.79 Å². The highest BCUT2D eigenvalue weighted by Gasteiger charge is 2.35. The molecule has 2 aromatic carbocycles. The molecule has 0 spiro atoms. The molecule has 2 aliphatic heterocycles. The maximum Gasteiger partial charge on any atom is 0.264 e. The minimum Gasteiger partial charge on any atom is -0.480 e. The highest BCUT2D eigenvalue weighted by Crippen LogP contribution is 2.33. The van der Waals surface area contributed by atoms with Crippen molar-refractivity contribution in [1.82, 2.24) is 10.1 Å². The number of amides is 1. The number of hydrogen-bond donors (Lipinski definition) is 0. The maximum absolute atomic E-state index is 13.0. The fraction of sp³-hybridized carbons (Fsp3) is 0.238. The van der Waals surface area contributed by atoms with E-state index in [1.165, 1.54) is 0 Å². The Bertz CT molecular complexity index is 988. The lowest BCUT2D eigenvalue weighted by Gasteiger charge is -2.28. The number of fused-ring (bicyclic) bond motifs is 2. The monoisotopic (exact) mass is 380 g/mol. The zero-order valence-electron chi connectivity index (χ0n) is 14.5. The Kier molecular flexibility index (Phi) is 3.90. The van der Waals surface area contributed by atoms with Gasteiger partial charge in [-0.2, -0.15) is 0 Å². The summed E-state index contributed by atoms with van der Waals surface area (Å²) in [6, 6.07) is 15.3. The molecule has 0 bridgehead atoms. The van der Waals surface area contributed by atoms with E-state index in [0.717, 1.165) is 33.9 Å². The van der Waals surface area contributed by atoms with Gasteiger partial charge in [0.15, 0.2) is 6.10 Å². The molecular weight excluding hydrogens is 364 g/mol. The summed E-state index contributed by atoms with van der Waals surface area (Å²) < 4.78 is 11.4. The highest BCUT2D eigenvalue weighted by atomic mass is 35.5. The van der Waals surface area contributed by atoms with E-state index in [0.29, 0.717) is 31.0 Å². The van der Waals surface area contributed by atoms with Crippen LogP contribution in [0.25, 0.3) is 11.3 Å². The van der Waals surface area contributed by atoms with Gasteiger partial charge in [0, 0.05) is 35.5 Å². The average molecular weight is 381 g/mol. The number of aromatic nitrogens is 1. The first-order chi connectivity index (χ1) is 13.2. The first-order valence-corrected chi connectivity index (χ1v) is 9.33. The summed E-state index contributed by atoms with van der Waals surface area (Å²) in [5.41, 5.74) is 3.76. The lowest BCUT2D eigenvalue weighted by Crippen LogP contribution is -2.43. The van der Waals surface area contributed by atoms with Gasteiger partial charge in [-0.25, -0.2) is 0 Å². The first kappa shape index (κ1) is 16.4. The van der Waals surface area contributed by atoms with Crippen molar-refractivity contribution in [1.29, 1.82) is 0 Å². The Hall–Kier alpha value is -2.79. The van der Waals surface area contributed by atoms with E-state index in [4.69, 9.17) is 20.9 Å². The average Bonchev–Trinajstić information content (AvgIpc) is 3.31. The van der Waals surface area contributed by atoms with Gasteiger partial charge in [-0.15, -0.1) is 0 Å². The molecule has 0 N–H and O–H groups in total. The lowest BCUT2D eigenvalue weighted by atomic mass is 10.0. The minimum atomic E-state index is -0.456. The number of carbonyl (C=O) groups excluding carboxylic acids is 1. The van der Waals surface area contributed by atoms with Gasteiger partial charge in [-0.3, -0.25) is 4.79 Å². The van der Waals surface area contributed by atoms with Crippen molar-refractivity contribution in [2.24, 2.45) is 0 Å². The van der Waals surface area contributed by atoms with E-state index >= 15 is 0 Å². The van der Waals surface area contributed by atoms with E-state index in [2.05, 4.69) is 5.16 Å². The molecule has 27 heavy (non-hydrogen) atoms. The molecule has 3 aromatic rings. The van der Waals surface area contributed by atoms with Crippen LogP contribution < -0.4 is 4.74 Å². The molecule has 1 atom stereocenters. The Morgan fingerprint density at radius 3 is 2.78 bits per heavy atom. The number of para-hydroxylation sites is 1. The molecule has 0 aliphatic carbocycles. The summed E-state index contributed by atoms with van der Waals surface area (Å²) in [6.07, 6.45) is 0.815. The summed E-state index contributed by atoms with van der Waals surface area (Å²) in [5.74, 6) is 1.67. The molecule has 0 unspecified atom stereocenters. The van der Waals surface area contributed by atoms with E-state index in [1.807, 2.05) is 53.4 Å². The van der Waals surface area contributed by atoms with Gasteiger partial charge < -0.3 is 14.2 Å². The topological polar surface area (TPSA) is 55.6 Å². The largest absolute Gasteiger partial charge is 0.480 e. The Balaban J connectivity index is 1.37.